The number of hydrogen-bond acceptors (Lipinski definition) is 3. The second-order valence-corrected chi connectivity index (χ2v) is 8.50. The van der Waals surface area contributed by atoms with E-state index in [9.17, 15) is 9.59 Å². The van der Waals surface area contributed by atoms with Crippen molar-refractivity contribution < 1.29 is 14.7 Å². The first-order valence-electron chi connectivity index (χ1n) is 9.40. The molecule has 0 heterocycles. The molecular weight excluding hydrogens is 348 g/mol. The summed E-state index contributed by atoms with van der Waals surface area (Å²) in [6.45, 7) is 2.17. The maximum Gasteiger partial charge on any atom is 0.317 e. The second kappa shape index (κ2) is 10.5. The fourth-order valence-electron chi connectivity index (χ4n) is 3.52. The van der Waals surface area contributed by atoms with E-state index in [1.165, 1.54) is 0 Å². The number of nitrogens with one attached hydrogen (secondary N) is 1. The van der Waals surface area contributed by atoms with Crippen LogP contribution in [0.1, 0.15) is 44.6 Å². The number of nitrogens with zero attached hydrogens (tertiary/aromatic N) is 1. The fraction of sp³-hybridized carbons (Fsp3) is 0.600. The quantitative estimate of drug-likeness (QED) is 0.686. The Balaban J connectivity index is 1.92. The van der Waals surface area contributed by atoms with Crippen molar-refractivity contribution in [3.8, 4) is 0 Å². The van der Waals surface area contributed by atoms with Crippen LogP contribution in [-0.4, -0.2) is 52.1 Å². The van der Waals surface area contributed by atoms with Crippen LogP contribution in [0, 0.1) is 0 Å². The highest BCUT2D eigenvalue weighted by molar-refractivity contribution is 7.99. The molecule has 0 bridgehead atoms. The van der Waals surface area contributed by atoms with Gasteiger partial charge in [0.2, 0.25) is 0 Å². The number of hydrogen-bond donors (Lipinski definition) is 2. The first kappa shape index (κ1) is 20.6. The molecule has 5 nitrogen and oxygen atoms in total. The Hall–Kier alpha value is -1.69. The molecule has 3 atom stereocenters. The highest BCUT2D eigenvalue weighted by atomic mass is 32.2. The Morgan fingerprint density at radius 3 is 2.69 bits per heavy atom. The van der Waals surface area contributed by atoms with Crippen LogP contribution >= 0.6 is 11.8 Å². The molecule has 0 radical (unpaired) electrons. The summed E-state index contributed by atoms with van der Waals surface area (Å²) in [6.07, 6.45) is 4.38. The van der Waals surface area contributed by atoms with Crippen molar-refractivity contribution in [2.24, 2.45) is 0 Å². The summed E-state index contributed by atoms with van der Waals surface area (Å²) in [5.74, 6) is 0.280. The van der Waals surface area contributed by atoms with Gasteiger partial charge in [0.05, 0.1) is 0 Å². The van der Waals surface area contributed by atoms with Gasteiger partial charge in [-0.25, -0.2) is 4.79 Å². The number of carboxylic acid groups (broad SMARTS) is 1. The third-order valence-corrected chi connectivity index (χ3v) is 6.22. The molecule has 0 saturated heterocycles. The molecule has 1 saturated carbocycles. The highest BCUT2D eigenvalue weighted by Crippen LogP contribution is 2.32. The monoisotopic (exact) mass is 378 g/mol. The van der Waals surface area contributed by atoms with Gasteiger partial charge in [-0.15, -0.1) is 0 Å². The van der Waals surface area contributed by atoms with E-state index in [2.05, 4.69) is 12.2 Å². The van der Waals surface area contributed by atoms with Crippen molar-refractivity contribution in [2.45, 2.75) is 62.8 Å². The molecule has 26 heavy (non-hydrogen) atoms. The van der Waals surface area contributed by atoms with E-state index in [0.717, 1.165) is 30.6 Å². The van der Waals surface area contributed by atoms with E-state index >= 15 is 0 Å². The maximum absolute atomic E-state index is 12.7. The average molecular weight is 379 g/mol. The number of aliphatic carboxylic acids is 1. The number of amides is 2. The number of carbonyl (C=O) groups excluding carboxylic acids is 1. The number of carboxylic acids is 1. The van der Waals surface area contributed by atoms with Crippen molar-refractivity contribution >= 4 is 23.8 Å². The Kier molecular flexibility index (Phi) is 8.29. The van der Waals surface area contributed by atoms with E-state index in [-0.39, 0.29) is 24.5 Å². The summed E-state index contributed by atoms with van der Waals surface area (Å²) < 4.78 is 0. The van der Waals surface area contributed by atoms with E-state index in [4.69, 9.17) is 5.11 Å². The maximum atomic E-state index is 12.7. The van der Waals surface area contributed by atoms with Crippen LogP contribution in [0.15, 0.2) is 30.3 Å². The molecule has 3 unspecified atom stereocenters. The molecule has 2 rings (SSSR count). The third kappa shape index (κ3) is 6.56. The molecule has 2 amide bonds. The summed E-state index contributed by atoms with van der Waals surface area (Å²) >= 11 is 1.98. The number of thioether (sulfide) groups is 1. The standard InChI is InChI=1S/C20H30N2O3S/c1-3-26-18-11-10-17(14-18)22(2)20(25)21-16(9-12-19(23)24)13-15-7-5-4-6-8-15/h4-8,16-18H,3,9-14H2,1-2H3,(H,21,25)(H,23,24). The van der Waals surface area contributed by atoms with Crippen LogP contribution < -0.4 is 5.32 Å². The van der Waals surface area contributed by atoms with Crippen LogP contribution in [0.2, 0.25) is 0 Å². The minimum atomic E-state index is -0.833. The molecule has 1 aliphatic rings. The zero-order chi connectivity index (χ0) is 18.9. The first-order chi connectivity index (χ1) is 12.5. The van der Waals surface area contributed by atoms with Crippen LogP contribution in [-0.2, 0) is 11.2 Å². The summed E-state index contributed by atoms with van der Waals surface area (Å²) in [4.78, 5) is 25.5. The van der Waals surface area contributed by atoms with Gasteiger partial charge in [0.1, 0.15) is 0 Å². The Morgan fingerprint density at radius 2 is 2.04 bits per heavy atom. The minimum Gasteiger partial charge on any atom is -0.481 e. The molecule has 1 aromatic rings. The molecule has 0 spiro atoms. The van der Waals surface area contributed by atoms with Crippen molar-refractivity contribution in [2.75, 3.05) is 12.8 Å². The van der Waals surface area contributed by atoms with Crippen molar-refractivity contribution in [1.29, 1.82) is 0 Å². The zero-order valence-corrected chi connectivity index (χ0v) is 16.5. The lowest BCUT2D eigenvalue weighted by molar-refractivity contribution is -0.137. The predicted octanol–water partition coefficient (Wildman–Crippen LogP) is 3.78. The SMILES string of the molecule is CCSC1CCC(N(C)C(=O)NC(CCC(=O)O)Cc2ccccc2)C1. The van der Waals surface area contributed by atoms with Gasteiger partial charge < -0.3 is 15.3 Å². The van der Waals surface area contributed by atoms with Gasteiger partial charge in [0, 0.05) is 30.8 Å². The topological polar surface area (TPSA) is 69.6 Å². The van der Waals surface area contributed by atoms with Crippen LogP contribution in [0.5, 0.6) is 0 Å². The molecule has 1 fully saturated rings. The Labute approximate surface area is 160 Å². The van der Waals surface area contributed by atoms with Crippen LogP contribution in [0.4, 0.5) is 4.79 Å². The molecule has 144 valence electrons. The Morgan fingerprint density at radius 1 is 1.31 bits per heavy atom. The van der Waals surface area contributed by atoms with E-state index in [1.54, 1.807) is 0 Å². The smallest absolute Gasteiger partial charge is 0.317 e. The zero-order valence-electron chi connectivity index (χ0n) is 15.7. The number of benzene rings is 1. The van der Waals surface area contributed by atoms with E-state index < -0.39 is 5.97 Å². The van der Waals surface area contributed by atoms with E-state index in [1.807, 2.05) is 54.0 Å². The summed E-state index contributed by atoms with van der Waals surface area (Å²) in [5, 5.41) is 12.7. The summed E-state index contributed by atoms with van der Waals surface area (Å²) in [6, 6.07) is 9.89. The van der Waals surface area contributed by atoms with Gasteiger partial charge in [0.15, 0.2) is 0 Å². The molecule has 1 aliphatic carbocycles. The number of urea groups is 1. The van der Waals surface area contributed by atoms with Gasteiger partial charge in [0.25, 0.3) is 0 Å². The summed E-state index contributed by atoms with van der Waals surface area (Å²) in [5.41, 5.74) is 1.10. The van der Waals surface area contributed by atoms with Crippen LogP contribution in [0.3, 0.4) is 0 Å². The van der Waals surface area contributed by atoms with Gasteiger partial charge in [-0.2, -0.15) is 11.8 Å². The molecule has 6 heteroatoms. The van der Waals surface area contributed by atoms with E-state index in [0.29, 0.717) is 18.1 Å². The largest absolute Gasteiger partial charge is 0.481 e. The molecular formula is C20H30N2O3S. The van der Waals surface area contributed by atoms with Gasteiger partial charge >= 0.3 is 12.0 Å². The van der Waals surface area contributed by atoms with Gasteiger partial charge in [-0.3, -0.25) is 4.79 Å². The Bertz CT molecular complexity index is 582. The lowest BCUT2D eigenvalue weighted by atomic mass is 10.0. The average Bonchev–Trinajstić information content (AvgIpc) is 3.08. The van der Waals surface area contributed by atoms with Gasteiger partial charge in [-0.1, -0.05) is 37.3 Å². The third-order valence-electron chi connectivity index (χ3n) is 4.99. The number of carbonyl (C=O) groups is 2. The molecule has 2 N–H and O–H groups in total. The molecule has 1 aromatic carbocycles. The lowest BCUT2D eigenvalue weighted by Gasteiger charge is -2.28. The van der Waals surface area contributed by atoms with Crippen molar-refractivity contribution in [1.82, 2.24) is 10.2 Å². The first-order valence-corrected chi connectivity index (χ1v) is 10.4. The van der Waals surface area contributed by atoms with Crippen LogP contribution in [0.25, 0.3) is 0 Å². The predicted molar refractivity (Wildman–Crippen MR) is 107 cm³/mol. The second-order valence-electron chi connectivity index (χ2n) is 6.92. The minimum absolute atomic E-state index is 0.0557. The fourth-order valence-corrected chi connectivity index (χ4v) is 4.65. The van der Waals surface area contributed by atoms with Gasteiger partial charge in [-0.05, 0) is 43.4 Å². The number of rotatable bonds is 9. The van der Waals surface area contributed by atoms with Crippen molar-refractivity contribution in [3.63, 3.8) is 0 Å². The van der Waals surface area contributed by atoms with Crippen molar-refractivity contribution in [3.05, 3.63) is 35.9 Å². The molecule has 0 aromatic heterocycles. The molecule has 0 aliphatic heterocycles. The normalized spacial score (nSPS) is 20.5. The lowest BCUT2D eigenvalue weighted by Crippen LogP contribution is -2.47. The summed E-state index contributed by atoms with van der Waals surface area (Å²) in [7, 11) is 1.86. The highest BCUT2D eigenvalue weighted by Gasteiger charge is 2.30.